The summed E-state index contributed by atoms with van der Waals surface area (Å²) in [6.45, 7) is 7.34. The Morgan fingerprint density at radius 3 is 2.65 bits per heavy atom. The monoisotopic (exact) mass is 245 g/mol. The fraction of sp³-hybridized carbons (Fsp3) is 0.750. The normalized spacial score (nSPS) is 12.2. The van der Waals surface area contributed by atoms with Gasteiger partial charge in [0.05, 0.1) is 13.2 Å². The van der Waals surface area contributed by atoms with Gasteiger partial charge in [0, 0.05) is 19.3 Å². The first-order valence-corrected chi connectivity index (χ1v) is 5.69. The minimum atomic E-state index is -0.411. The summed E-state index contributed by atoms with van der Waals surface area (Å²) >= 11 is 0. The third-order valence-electron chi connectivity index (χ3n) is 1.99. The van der Waals surface area contributed by atoms with Crippen molar-refractivity contribution in [2.24, 2.45) is 0 Å². The smallest absolute Gasteiger partial charge is 0.333 e. The zero-order chi connectivity index (χ0) is 13.1. The van der Waals surface area contributed by atoms with Gasteiger partial charge < -0.3 is 19.5 Å². The molecule has 1 N–H and O–H groups in total. The molecule has 100 valence electrons. The lowest BCUT2D eigenvalue weighted by Gasteiger charge is -2.17. The molecule has 0 aromatic rings. The molecule has 0 aliphatic carbocycles. The third kappa shape index (κ3) is 8.85. The summed E-state index contributed by atoms with van der Waals surface area (Å²) in [5, 5.41) is 3.03. The standard InChI is InChI=1S/C12H23NO4/c1-10(2)12(14)17-11(8-15-4)9-16-7-5-6-13-3/h11,13H,1,5-9H2,2-4H3. The highest BCUT2D eigenvalue weighted by molar-refractivity contribution is 5.87. The van der Waals surface area contributed by atoms with Crippen molar-refractivity contribution in [3.05, 3.63) is 12.2 Å². The van der Waals surface area contributed by atoms with Crippen LogP contribution in [0, 0.1) is 0 Å². The summed E-state index contributed by atoms with van der Waals surface area (Å²) in [5.41, 5.74) is 0.376. The van der Waals surface area contributed by atoms with Crippen molar-refractivity contribution >= 4 is 5.97 Å². The van der Waals surface area contributed by atoms with Crippen molar-refractivity contribution in [3.8, 4) is 0 Å². The topological polar surface area (TPSA) is 56.8 Å². The molecule has 0 spiro atoms. The molecule has 0 saturated carbocycles. The molecule has 0 aliphatic rings. The highest BCUT2D eigenvalue weighted by Crippen LogP contribution is 2.01. The fourth-order valence-corrected chi connectivity index (χ4v) is 1.12. The SMILES string of the molecule is C=C(C)C(=O)OC(COC)COCCCNC. The average molecular weight is 245 g/mol. The number of rotatable bonds is 10. The van der Waals surface area contributed by atoms with E-state index in [1.54, 1.807) is 14.0 Å². The Bertz CT molecular complexity index is 231. The summed E-state index contributed by atoms with van der Waals surface area (Å²) in [5.74, 6) is -0.411. The van der Waals surface area contributed by atoms with Gasteiger partial charge in [-0.15, -0.1) is 0 Å². The van der Waals surface area contributed by atoms with E-state index in [0.717, 1.165) is 13.0 Å². The second-order valence-corrected chi connectivity index (χ2v) is 3.80. The van der Waals surface area contributed by atoms with E-state index in [4.69, 9.17) is 14.2 Å². The molecular weight excluding hydrogens is 222 g/mol. The van der Waals surface area contributed by atoms with Crippen LogP contribution in [0.15, 0.2) is 12.2 Å². The predicted molar refractivity (Wildman–Crippen MR) is 65.9 cm³/mol. The molecule has 0 amide bonds. The number of hydrogen-bond acceptors (Lipinski definition) is 5. The fourth-order valence-electron chi connectivity index (χ4n) is 1.12. The van der Waals surface area contributed by atoms with E-state index in [-0.39, 0.29) is 6.10 Å². The van der Waals surface area contributed by atoms with Crippen LogP contribution in [-0.2, 0) is 19.0 Å². The number of hydrogen-bond donors (Lipinski definition) is 1. The van der Waals surface area contributed by atoms with Crippen molar-refractivity contribution in [1.29, 1.82) is 0 Å². The van der Waals surface area contributed by atoms with Gasteiger partial charge in [-0.1, -0.05) is 6.58 Å². The Morgan fingerprint density at radius 1 is 1.41 bits per heavy atom. The van der Waals surface area contributed by atoms with Crippen molar-refractivity contribution in [2.45, 2.75) is 19.4 Å². The van der Waals surface area contributed by atoms with Gasteiger partial charge in [0.1, 0.15) is 6.10 Å². The number of esters is 1. The maximum atomic E-state index is 11.3. The number of carbonyl (C=O) groups is 1. The summed E-state index contributed by atoms with van der Waals surface area (Å²) < 4.78 is 15.5. The molecule has 0 fully saturated rings. The van der Waals surface area contributed by atoms with Crippen LogP contribution in [0.25, 0.3) is 0 Å². The highest BCUT2D eigenvalue weighted by atomic mass is 16.6. The van der Waals surface area contributed by atoms with Gasteiger partial charge in [0.25, 0.3) is 0 Å². The minimum Gasteiger partial charge on any atom is -0.454 e. The Morgan fingerprint density at radius 2 is 2.12 bits per heavy atom. The van der Waals surface area contributed by atoms with Gasteiger partial charge in [-0.2, -0.15) is 0 Å². The zero-order valence-electron chi connectivity index (χ0n) is 11.0. The molecule has 1 unspecified atom stereocenters. The lowest BCUT2D eigenvalue weighted by Crippen LogP contribution is -2.28. The summed E-state index contributed by atoms with van der Waals surface area (Å²) in [6.07, 6.45) is 0.545. The lowest BCUT2D eigenvalue weighted by molar-refractivity contribution is -0.150. The number of methoxy groups -OCH3 is 1. The van der Waals surface area contributed by atoms with Gasteiger partial charge >= 0.3 is 5.97 Å². The van der Waals surface area contributed by atoms with Crippen LogP contribution in [0.4, 0.5) is 0 Å². The maximum absolute atomic E-state index is 11.3. The van der Waals surface area contributed by atoms with Crippen molar-refractivity contribution in [2.75, 3.05) is 40.5 Å². The van der Waals surface area contributed by atoms with E-state index in [0.29, 0.717) is 25.4 Å². The van der Waals surface area contributed by atoms with E-state index in [9.17, 15) is 4.79 Å². The van der Waals surface area contributed by atoms with E-state index in [1.807, 2.05) is 7.05 Å². The molecule has 0 rings (SSSR count). The lowest BCUT2D eigenvalue weighted by atomic mass is 10.3. The molecule has 0 aliphatic heterocycles. The van der Waals surface area contributed by atoms with E-state index in [1.165, 1.54) is 0 Å². The second kappa shape index (κ2) is 10.3. The first kappa shape index (κ1) is 16.1. The first-order valence-electron chi connectivity index (χ1n) is 5.69. The van der Waals surface area contributed by atoms with Crippen LogP contribution in [0.5, 0.6) is 0 Å². The van der Waals surface area contributed by atoms with Gasteiger partial charge in [-0.05, 0) is 26.9 Å². The molecule has 1 atom stereocenters. The van der Waals surface area contributed by atoms with Crippen molar-refractivity contribution in [1.82, 2.24) is 5.32 Å². The molecule has 0 radical (unpaired) electrons. The van der Waals surface area contributed by atoms with E-state index >= 15 is 0 Å². The van der Waals surface area contributed by atoms with Crippen LogP contribution in [0.1, 0.15) is 13.3 Å². The molecule has 0 bridgehead atoms. The summed E-state index contributed by atoms with van der Waals surface area (Å²) in [4.78, 5) is 11.3. The molecule has 17 heavy (non-hydrogen) atoms. The Hall–Kier alpha value is -0.910. The van der Waals surface area contributed by atoms with E-state index < -0.39 is 5.97 Å². The largest absolute Gasteiger partial charge is 0.454 e. The van der Waals surface area contributed by atoms with E-state index in [2.05, 4.69) is 11.9 Å². The minimum absolute atomic E-state index is 0.324. The predicted octanol–water partition coefficient (Wildman–Crippen LogP) is 0.747. The average Bonchev–Trinajstić information content (AvgIpc) is 2.28. The molecule has 5 heteroatoms. The number of carbonyl (C=O) groups excluding carboxylic acids is 1. The first-order chi connectivity index (χ1) is 8.11. The van der Waals surface area contributed by atoms with Crippen molar-refractivity contribution in [3.63, 3.8) is 0 Å². The summed E-state index contributed by atoms with van der Waals surface area (Å²) in [7, 11) is 3.45. The van der Waals surface area contributed by atoms with Crippen molar-refractivity contribution < 1.29 is 19.0 Å². The van der Waals surface area contributed by atoms with Crippen LogP contribution in [-0.4, -0.2) is 52.6 Å². The maximum Gasteiger partial charge on any atom is 0.333 e. The Kier molecular flexibility index (Phi) is 9.71. The quantitative estimate of drug-likeness (QED) is 0.349. The van der Waals surface area contributed by atoms with Gasteiger partial charge in [-0.25, -0.2) is 4.79 Å². The molecule has 0 heterocycles. The van der Waals surface area contributed by atoms with Gasteiger partial charge in [-0.3, -0.25) is 0 Å². The Balaban J connectivity index is 3.81. The Labute approximate surface area is 103 Å². The summed E-state index contributed by atoms with van der Waals surface area (Å²) in [6, 6.07) is 0. The molecule has 5 nitrogen and oxygen atoms in total. The third-order valence-corrected chi connectivity index (χ3v) is 1.99. The molecule has 0 aromatic heterocycles. The molecular formula is C12H23NO4. The van der Waals surface area contributed by atoms with Crippen LogP contribution in [0.3, 0.4) is 0 Å². The molecule has 0 aromatic carbocycles. The second-order valence-electron chi connectivity index (χ2n) is 3.80. The zero-order valence-corrected chi connectivity index (χ0v) is 11.0. The van der Waals surface area contributed by atoms with Crippen LogP contribution in [0.2, 0.25) is 0 Å². The van der Waals surface area contributed by atoms with Gasteiger partial charge in [0.2, 0.25) is 0 Å². The highest BCUT2D eigenvalue weighted by Gasteiger charge is 2.14. The number of nitrogens with one attached hydrogen (secondary N) is 1. The van der Waals surface area contributed by atoms with Crippen LogP contribution < -0.4 is 5.32 Å². The van der Waals surface area contributed by atoms with Crippen LogP contribution >= 0.6 is 0 Å². The molecule has 0 saturated heterocycles. The number of ether oxygens (including phenoxy) is 3. The van der Waals surface area contributed by atoms with Gasteiger partial charge in [0.15, 0.2) is 0 Å².